The standard InChI is InChI=1S/C14H16ClNOS/c1-10-5-6-14(18-10)11(8-16)9-17-13-4-2-3-12(15)7-13/h2-7,11H,8-9,16H2,1H3. The van der Waals surface area contributed by atoms with Gasteiger partial charge in [0.05, 0.1) is 6.61 Å². The summed E-state index contributed by atoms with van der Waals surface area (Å²) in [6, 6.07) is 11.7. The minimum atomic E-state index is 0.239. The van der Waals surface area contributed by atoms with Crippen molar-refractivity contribution in [3.63, 3.8) is 0 Å². The van der Waals surface area contributed by atoms with Gasteiger partial charge >= 0.3 is 0 Å². The summed E-state index contributed by atoms with van der Waals surface area (Å²) in [5, 5.41) is 0.684. The summed E-state index contributed by atoms with van der Waals surface area (Å²) in [5.74, 6) is 1.02. The van der Waals surface area contributed by atoms with Gasteiger partial charge in [0, 0.05) is 27.2 Å². The van der Waals surface area contributed by atoms with Gasteiger partial charge in [0.15, 0.2) is 0 Å². The molecule has 0 aliphatic carbocycles. The smallest absolute Gasteiger partial charge is 0.120 e. The normalized spacial score (nSPS) is 12.4. The average molecular weight is 282 g/mol. The molecule has 2 N–H and O–H groups in total. The number of ether oxygens (including phenoxy) is 1. The molecular weight excluding hydrogens is 266 g/mol. The van der Waals surface area contributed by atoms with Gasteiger partial charge in [-0.25, -0.2) is 0 Å². The van der Waals surface area contributed by atoms with Crippen LogP contribution in [0.2, 0.25) is 5.02 Å². The van der Waals surface area contributed by atoms with E-state index in [1.54, 1.807) is 11.3 Å². The lowest BCUT2D eigenvalue weighted by Gasteiger charge is -2.14. The molecule has 1 atom stereocenters. The van der Waals surface area contributed by atoms with Crippen molar-refractivity contribution in [2.45, 2.75) is 12.8 Å². The van der Waals surface area contributed by atoms with Gasteiger partial charge in [-0.05, 0) is 37.3 Å². The van der Waals surface area contributed by atoms with Crippen molar-refractivity contribution in [1.82, 2.24) is 0 Å². The first-order valence-electron chi connectivity index (χ1n) is 5.84. The van der Waals surface area contributed by atoms with Gasteiger partial charge in [0.25, 0.3) is 0 Å². The van der Waals surface area contributed by atoms with E-state index in [-0.39, 0.29) is 5.92 Å². The van der Waals surface area contributed by atoms with Gasteiger partial charge in [-0.3, -0.25) is 0 Å². The summed E-state index contributed by atoms with van der Waals surface area (Å²) < 4.78 is 5.75. The molecule has 18 heavy (non-hydrogen) atoms. The Balaban J connectivity index is 1.99. The summed E-state index contributed by atoms with van der Waals surface area (Å²) in [5.41, 5.74) is 5.81. The van der Waals surface area contributed by atoms with E-state index in [2.05, 4.69) is 19.1 Å². The highest BCUT2D eigenvalue weighted by Gasteiger charge is 2.12. The molecule has 0 saturated heterocycles. The van der Waals surface area contributed by atoms with Crippen molar-refractivity contribution in [3.8, 4) is 5.75 Å². The fourth-order valence-electron chi connectivity index (χ4n) is 1.69. The molecule has 0 spiro atoms. The third-order valence-electron chi connectivity index (χ3n) is 2.70. The van der Waals surface area contributed by atoms with Crippen LogP contribution in [0.4, 0.5) is 0 Å². The van der Waals surface area contributed by atoms with Crippen molar-refractivity contribution < 1.29 is 4.74 Å². The maximum atomic E-state index is 5.91. The zero-order valence-electron chi connectivity index (χ0n) is 10.2. The van der Waals surface area contributed by atoms with E-state index in [1.807, 2.05) is 24.3 Å². The van der Waals surface area contributed by atoms with Gasteiger partial charge < -0.3 is 10.5 Å². The number of hydrogen-bond acceptors (Lipinski definition) is 3. The second-order valence-electron chi connectivity index (χ2n) is 4.15. The Morgan fingerprint density at radius 1 is 1.33 bits per heavy atom. The lowest BCUT2D eigenvalue weighted by molar-refractivity contribution is 0.292. The van der Waals surface area contributed by atoms with Gasteiger partial charge in [-0.15, -0.1) is 11.3 Å². The highest BCUT2D eigenvalue weighted by atomic mass is 35.5. The molecular formula is C14H16ClNOS. The molecule has 0 aliphatic rings. The molecule has 4 heteroatoms. The molecule has 1 unspecified atom stereocenters. The molecule has 2 nitrogen and oxygen atoms in total. The van der Waals surface area contributed by atoms with Gasteiger partial charge in [-0.1, -0.05) is 17.7 Å². The number of nitrogens with two attached hydrogens (primary N) is 1. The van der Waals surface area contributed by atoms with E-state index in [0.29, 0.717) is 18.2 Å². The van der Waals surface area contributed by atoms with Crippen molar-refractivity contribution in [2.24, 2.45) is 5.73 Å². The molecule has 0 saturated carbocycles. The summed E-state index contributed by atoms with van der Waals surface area (Å²) in [4.78, 5) is 2.57. The molecule has 0 bridgehead atoms. The van der Waals surface area contributed by atoms with Gasteiger partial charge in [0.1, 0.15) is 5.75 Å². The minimum Gasteiger partial charge on any atom is -0.493 e. The van der Waals surface area contributed by atoms with Crippen LogP contribution < -0.4 is 10.5 Å². The molecule has 1 aromatic carbocycles. The number of hydrogen-bond donors (Lipinski definition) is 1. The van der Waals surface area contributed by atoms with Crippen LogP contribution in [0.25, 0.3) is 0 Å². The van der Waals surface area contributed by atoms with Crippen LogP contribution in [0, 0.1) is 6.92 Å². The van der Waals surface area contributed by atoms with Crippen LogP contribution in [0.1, 0.15) is 15.7 Å². The Hall–Kier alpha value is -1.03. The summed E-state index contributed by atoms with van der Waals surface area (Å²) in [6.07, 6.45) is 0. The van der Waals surface area contributed by atoms with E-state index >= 15 is 0 Å². The number of benzene rings is 1. The van der Waals surface area contributed by atoms with E-state index in [0.717, 1.165) is 5.75 Å². The number of thiophene rings is 1. The van der Waals surface area contributed by atoms with E-state index < -0.39 is 0 Å². The molecule has 1 heterocycles. The van der Waals surface area contributed by atoms with Crippen LogP contribution in [0.5, 0.6) is 5.75 Å². The first-order valence-corrected chi connectivity index (χ1v) is 7.03. The SMILES string of the molecule is Cc1ccc(C(CN)COc2cccc(Cl)c2)s1. The molecule has 0 fully saturated rings. The molecule has 0 amide bonds. The van der Waals surface area contributed by atoms with E-state index in [1.165, 1.54) is 9.75 Å². The Bertz CT molecular complexity index is 512. The molecule has 2 rings (SSSR count). The topological polar surface area (TPSA) is 35.2 Å². The summed E-state index contributed by atoms with van der Waals surface area (Å²) in [7, 11) is 0. The van der Waals surface area contributed by atoms with Crippen molar-refractivity contribution in [2.75, 3.05) is 13.2 Å². The third kappa shape index (κ3) is 3.48. The average Bonchev–Trinajstić information content (AvgIpc) is 2.77. The van der Waals surface area contributed by atoms with Crippen molar-refractivity contribution in [3.05, 3.63) is 51.2 Å². The van der Waals surface area contributed by atoms with Crippen LogP contribution in [-0.2, 0) is 0 Å². The van der Waals surface area contributed by atoms with Gasteiger partial charge in [-0.2, -0.15) is 0 Å². The second-order valence-corrected chi connectivity index (χ2v) is 5.91. The van der Waals surface area contributed by atoms with Crippen molar-refractivity contribution in [1.29, 1.82) is 0 Å². The fraction of sp³-hybridized carbons (Fsp3) is 0.286. The predicted octanol–water partition coefficient (Wildman–Crippen LogP) is 3.83. The fourth-order valence-corrected chi connectivity index (χ4v) is 2.85. The molecule has 96 valence electrons. The first kappa shape index (κ1) is 13.4. The maximum absolute atomic E-state index is 5.91. The zero-order valence-corrected chi connectivity index (χ0v) is 11.8. The summed E-state index contributed by atoms with van der Waals surface area (Å²) in [6.45, 7) is 3.26. The van der Waals surface area contributed by atoms with Crippen LogP contribution in [0.3, 0.4) is 0 Å². The predicted molar refractivity (Wildman–Crippen MR) is 77.8 cm³/mol. The molecule has 0 aliphatic heterocycles. The van der Waals surface area contributed by atoms with Crippen molar-refractivity contribution >= 4 is 22.9 Å². The van der Waals surface area contributed by atoms with Crippen LogP contribution >= 0.6 is 22.9 Å². The largest absolute Gasteiger partial charge is 0.493 e. The minimum absolute atomic E-state index is 0.239. The van der Waals surface area contributed by atoms with E-state index in [4.69, 9.17) is 22.1 Å². The lowest BCUT2D eigenvalue weighted by atomic mass is 10.1. The Morgan fingerprint density at radius 3 is 2.78 bits per heavy atom. The van der Waals surface area contributed by atoms with Crippen LogP contribution in [0.15, 0.2) is 36.4 Å². The Morgan fingerprint density at radius 2 is 2.17 bits per heavy atom. The summed E-state index contributed by atoms with van der Waals surface area (Å²) >= 11 is 7.68. The Kier molecular flexibility index (Phi) is 4.64. The quantitative estimate of drug-likeness (QED) is 0.904. The van der Waals surface area contributed by atoms with Crippen LogP contribution in [-0.4, -0.2) is 13.2 Å². The zero-order chi connectivity index (χ0) is 13.0. The third-order valence-corrected chi connectivity index (χ3v) is 4.09. The van der Waals surface area contributed by atoms with E-state index in [9.17, 15) is 0 Å². The number of halogens is 1. The lowest BCUT2D eigenvalue weighted by Crippen LogP contribution is -2.18. The monoisotopic (exact) mass is 281 g/mol. The highest BCUT2D eigenvalue weighted by molar-refractivity contribution is 7.12. The second kappa shape index (κ2) is 6.23. The Labute approximate surface area is 116 Å². The van der Waals surface area contributed by atoms with Gasteiger partial charge in [0.2, 0.25) is 0 Å². The first-order chi connectivity index (χ1) is 8.69. The molecule has 0 radical (unpaired) electrons. The number of aryl methyl sites for hydroxylation is 1. The highest BCUT2D eigenvalue weighted by Crippen LogP contribution is 2.25. The number of rotatable bonds is 5. The molecule has 1 aromatic heterocycles. The molecule has 2 aromatic rings. The maximum Gasteiger partial charge on any atom is 0.120 e.